The zero-order valence-electron chi connectivity index (χ0n) is 14.4. The first-order valence-corrected chi connectivity index (χ1v) is 9.45. The predicted molar refractivity (Wildman–Crippen MR) is 105 cm³/mol. The Morgan fingerprint density at radius 3 is 2.74 bits per heavy atom. The summed E-state index contributed by atoms with van der Waals surface area (Å²) in [4.78, 5) is 18.7. The molecule has 2 aromatic carbocycles. The molecule has 4 rings (SSSR count). The van der Waals surface area contributed by atoms with Crippen LogP contribution in [-0.4, -0.2) is 29.7 Å². The summed E-state index contributed by atoms with van der Waals surface area (Å²) in [5, 5.41) is 4.51. The van der Waals surface area contributed by atoms with Crippen LogP contribution in [0.25, 0.3) is 11.4 Å². The van der Waals surface area contributed by atoms with Gasteiger partial charge in [0.15, 0.2) is 0 Å². The van der Waals surface area contributed by atoms with Crippen molar-refractivity contribution in [3.8, 4) is 17.1 Å². The number of carbonyl (C=O) groups excluding carboxylic acids is 1. The normalized spacial score (nSPS) is 16.8. The summed E-state index contributed by atoms with van der Waals surface area (Å²) >= 11 is 9.59. The van der Waals surface area contributed by atoms with Crippen molar-refractivity contribution < 1.29 is 14.1 Å². The average molecular weight is 449 g/mol. The topological polar surface area (TPSA) is 68.5 Å². The summed E-state index contributed by atoms with van der Waals surface area (Å²) in [6.07, 6.45) is 0.311. The van der Waals surface area contributed by atoms with Crippen LogP contribution in [0.2, 0.25) is 5.02 Å². The molecule has 0 radical (unpaired) electrons. The summed E-state index contributed by atoms with van der Waals surface area (Å²) in [5.74, 6) is 1.37. The van der Waals surface area contributed by atoms with E-state index < -0.39 is 0 Å². The van der Waals surface area contributed by atoms with Crippen molar-refractivity contribution in [2.45, 2.75) is 12.3 Å². The molecule has 1 aromatic heterocycles. The van der Waals surface area contributed by atoms with Gasteiger partial charge in [-0.2, -0.15) is 4.98 Å². The van der Waals surface area contributed by atoms with Crippen LogP contribution in [-0.2, 0) is 4.79 Å². The lowest BCUT2D eigenvalue weighted by atomic mass is 10.1. The van der Waals surface area contributed by atoms with E-state index in [1.54, 1.807) is 24.1 Å². The molecule has 6 nitrogen and oxygen atoms in total. The molecule has 8 heteroatoms. The molecule has 1 atom stereocenters. The van der Waals surface area contributed by atoms with E-state index in [0.717, 1.165) is 15.7 Å². The fourth-order valence-electron chi connectivity index (χ4n) is 3.06. The zero-order valence-corrected chi connectivity index (χ0v) is 16.7. The first-order valence-electron chi connectivity index (χ1n) is 8.28. The molecule has 1 amide bonds. The number of aromatic nitrogens is 2. The van der Waals surface area contributed by atoms with Crippen LogP contribution in [0.5, 0.6) is 5.75 Å². The van der Waals surface area contributed by atoms with E-state index in [4.69, 9.17) is 20.9 Å². The molecule has 1 aliphatic rings. The van der Waals surface area contributed by atoms with E-state index in [2.05, 4.69) is 26.1 Å². The average Bonchev–Trinajstić information content (AvgIpc) is 3.29. The van der Waals surface area contributed by atoms with Crippen LogP contribution in [0.1, 0.15) is 18.2 Å². The molecular weight excluding hydrogens is 434 g/mol. The van der Waals surface area contributed by atoms with Gasteiger partial charge in [0.2, 0.25) is 17.6 Å². The van der Waals surface area contributed by atoms with Gasteiger partial charge in [-0.25, -0.2) is 0 Å². The number of benzene rings is 2. The molecule has 3 aromatic rings. The second-order valence-electron chi connectivity index (χ2n) is 6.19. The van der Waals surface area contributed by atoms with Crippen LogP contribution < -0.4 is 9.64 Å². The van der Waals surface area contributed by atoms with E-state index in [9.17, 15) is 4.79 Å². The van der Waals surface area contributed by atoms with Crippen LogP contribution in [0, 0.1) is 0 Å². The largest absolute Gasteiger partial charge is 0.495 e. The van der Waals surface area contributed by atoms with Gasteiger partial charge in [0.1, 0.15) is 5.75 Å². The minimum absolute atomic E-state index is 0.00961. The van der Waals surface area contributed by atoms with Gasteiger partial charge in [-0.15, -0.1) is 0 Å². The molecule has 138 valence electrons. The molecule has 0 aliphatic carbocycles. The monoisotopic (exact) mass is 447 g/mol. The number of rotatable bonds is 4. The van der Waals surface area contributed by atoms with E-state index in [-0.39, 0.29) is 11.8 Å². The molecule has 0 bridgehead atoms. The summed E-state index contributed by atoms with van der Waals surface area (Å²) in [7, 11) is 1.55. The maximum atomic E-state index is 12.5. The number of amides is 1. The minimum Gasteiger partial charge on any atom is -0.495 e. The van der Waals surface area contributed by atoms with Gasteiger partial charge < -0.3 is 14.2 Å². The first kappa shape index (κ1) is 18.0. The van der Waals surface area contributed by atoms with E-state index in [0.29, 0.717) is 35.5 Å². The van der Waals surface area contributed by atoms with Crippen molar-refractivity contribution in [1.29, 1.82) is 0 Å². The number of nitrogens with zero attached hydrogens (tertiary/aromatic N) is 3. The zero-order chi connectivity index (χ0) is 19.0. The highest BCUT2D eigenvalue weighted by atomic mass is 79.9. The molecule has 0 N–H and O–H groups in total. The Bertz CT molecular complexity index is 990. The number of methoxy groups -OCH3 is 1. The molecule has 1 aliphatic heterocycles. The molecule has 0 saturated carbocycles. The van der Waals surface area contributed by atoms with Crippen molar-refractivity contribution in [1.82, 2.24) is 10.1 Å². The Balaban J connectivity index is 1.54. The molecule has 0 spiro atoms. The fourth-order valence-corrected chi connectivity index (χ4v) is 3.58. The molecular formula is C19H15BrClN3O3. The third-order valence-corrected chi connectivity index (χ3v) is 5.29. The highest BCUT2D eigenvalue weighted by Crippen LogP contribution is 2.35. The summed E-state index contributed by atoms with van der Waals surface area (Å²) in [6.45, 7) is 0.462. The Morgan fingerprint density at radius 1 is 1.26 bits per heavy atom. The Hall–Kier alpha value is -2.38. The Morgan fingerprint density at radius 2 is 2.04 bits per heavy atom. The van der Waals surface area contributed by atoms with Crippen molar-refractivity contribution in [2.75, 3.05) is 18.6 Å². The number of ether oxygens (including phenoxy) is 1. The Kier molecular flexibility index (Phi) is 4.88. The van der Waals surface area contributed by atoms with Gasteiger partial charge in [-0.3, -0.25) is 4.79 Å². The van der Waals surface area contributed by atoms with E-state index >= 15 is 0 Å². The Labute approximate surface area is 169 Å². The standard InChI is InChI=1S/C19H15BrClN3O3/c1-26-16-7-6-14(9-15(16)21)24-10-12(8-17(24)25)19-22-18(23-27-19)11-2-4-13(20)5-3-11/h2-7,9,12H,8,10H2,1H3. The third-order valence-electron chi connectivity index (χ3n) is 4.47. The summed E-state index contributed by atoms with van der Waals surface area (Å²) in [6, 6.07) is 12.9. The molecule has 1 unspecified atom stereocenters. The SMILES string of the molecule is COc1ccc(N2CC(c3nc(-c4ccc(Br)cc4)no3)CC2=O)cc1Cl. The second-order valence-corrected chi connectivity index (χ2v) is 7.51. The van der Waals surface area contributed by atoms with Crippen molar-refractivity contribution in [2.24, 2.45) is 0 Å². The number of carbonyl (C=O) groups is 1. The molecule has 1 fully saturated rings. The van der Waals surface area contributed by atoms with Crippen LogP contribution in [0.15, 0.2) is 51.5 Å². The van der Waals surface area contributed by atoms with Crippen LogP contribution >= 0.6 is 27.5 Å². The van der Waals surface area contributed by atoms with Gasteiger partial charge in [0.05, 0.1) is 18.1 Å². The predicted octanol–water partition coefficient (Wildman–Crippen LogP) is 4.68. The second kappa shape index (κ2) is 7.32. The van der Waals surface area contributed by atoms with Crippen LogP contribution in [0.3, 0.4) is 0 Å². The summed E-state index contributed by atoms with van der Waals surface area (Å²) < 4.78 is 11.6. The van der Waals surface area contributed by atoms with Gasteiger partial charge in [0.25, 0.3) is 0 Å². The smallest absolute Gasteiger partial charge is 0.232 e. The fraction of sp³-hybridized carbons (Fsp3) is 0.211. The van der Waals surface area contributed by atoms with Gasteiger partial charge >= 0.3 is 0 Å². The van der Waals surface area contributed by atoms with Gasteiger partial charge in [0, 0.05) is 28.7 Å². The minimum atomic E-state index is -0.157. The lowest BCUT2D eigenvalue weighted by Crippen LogP contribution is -2.24. The molecule has 1 saturated heterocycles. The number of hydrogen-bond acceptors (Lipinski definition) is 5. The van der Waals surface area contributed by atoms with Gasteiger partial charge in [-0.05, 0) is 42.5 Å². The third kappa shape index (κ3) is 3.57. The highest BCUT2D eigenvalue weighted by molar-refractivity contribution is 9.10. The summed E-state index contributed by atoms with van der Waals surface area (Å²) in [5.41, 5.74) is 1.58. The van der Waals surface area contributed by atoms with E-state index in [1.165, 1.54) is 0 Å². The first-order chi connectivity index (χ1) is 13.0. The highest BCUT2D eigenvalue weighted by Gasteiger charge is 2.35. The number of hydrogen-bond donors (Lipinski definition) is 0. The maximum absolute atomic E-state index is 12.5. The quantitative estimate of drug-likeness (QED) is 0.579. The van der Waals surface area contributed by atoms with Crippen molar-refractivity contribution >= 4 is 39.1 Å². The maximum Gasteiger partial charge on any atom is 0.232 e. The van der Waals surface area contributed by atoms with Crippen LogP contribution in [0.4, 0.5) is 5.69 Å². The molecule has 27 heavy (non-hydrogen) atoms. The lowest BCUT2D eigenvalue weighted by molar-refractivity contribution is -0.117. The van der Waals surface area contributed by atoms with Crippen molar-refractivity contribution in [3.05, 3.63) is 57.9 Å². The van der Waals surface area contributed by atoms with E-state index in [1.807, 2.05) is 30.3 Å². The van der Waals surface area contributed by atoms with Gasteiger partial charge in [-0.1, -0.05) is 32.7 Å². The lowest BCUT2D eigenvalue weighted by Gasteiger charge is -2.17. The molecule has 2 heterocycles. The number of anilines is 1. The van der Waals surface area contributed by atoms with Crippen molar-refractivity contribution in [3.63, 3.8) is 0 Å². The number of halogens is 2.